The summed E-state index contributed by atoms with van der Waals surface area (Å²) >= 11 is 0. The van der Waals surface area contributed by atoms with E-state index >= 15 is 0 Å². The van der Waals surface area contributed by atoms with Crippen molar-refractivity contribution in [3.05, 3.63) is 71.0 Å². The van der Waals surface area contributed by atoms with E-state index in [1.807, 2.05) is 24.3 Å². The van der Waals surface area contributed by atoms with Gasteiger partial charge in [0.2, 0.25) is 0 Å². The molecule has 2 aromatic carbocycles. The van der Waals surface area contributed by atoms with Crippen LogP contribution < -0.4 is 0 Å². The van der Waals surface area contributed by atoms with Crippen LogP contribution in [0.4, 0.5) is 4.39 Å². The zero-order valence-corrected chi connectivity index (χ0v) is 11.0. The lowest BCUT2D eigenvalue weighted by Crippen LogP contribution is -2.05. The third kappa shape index (κ3) is 3.50. The number of carbonyl (C=O) groups is 1. The fraction of sp³-hybridized carbons (Fsp3) is 0.235. The predicted octanol–water partition coefficient (Wildman–Crippen LogP) is 4.20. The number of hydrogen-bond donors (Lipinski definition) is 0. The zero-order valence-electron chi connectivity index (χ0n) is 11.0. The smallest absolute Gasteiger partial charge is 0.167 e. The molecular weight excluding hydrogens is 239 g/mol. The molecule has 19 heavy (non-hydrogen) atoms. The lowest BCUT2D eigenvalue weighted by Gasteiger charge is -2.04. The second-order valence-electron chi connectivity index (χ2n) is 4.64. The number of ketones is 1. The summed E-state index contributed by atoms with van der Waals surface area (Å²) in [6.07, 6.45) is 2.21. The maximum atomic E-state index is 13.5. The Hall–Kier alpha value is -1.96. The van der Waals surface area contributed by atoms with Gasteiger partial charge in [0.1, 0.15) is 5.82 Å². The standard InChI is InChI=1S/C17H17FO/c1-2-5-13-8-10-14(11-9-13)17(19)12-15-6-3-4-7-16(15)18/h3-4,6-11H,2,5,12H2,1H3. The van der Waals surface area contributed by atoms with Gasteiger partial charge in [-0.25, -0.2) is 4.39 Å². The number of carbonyl (C=O) groups excluding carboxylic acids is 1. The normalized spacial score (nSPS) is 10.4. The van der Waals surface area contributed by atoms with E-state index in [2.05, 4.69) is 6.92 Å². The second-order valence-corrected chi connectivity index (χ2v) is 4.64. The quantitative estimate of drug-likeness (QED) is 0.733. The predicted molar refractivity (Wildman–Crippen MR) is 74.9 cm³/mol. The molecule has 0 saturated heterocycles. The molecule has 0 heterocycles. The van der Waals surface area contributed by atoms with Crippen molar-refractivity contribution in [3.63, 3.8) is 0 Å². The number of halogens is 1. The van der Waals surface area contributed by atoms with Crippen molar-refractivity contribution in [2.24, 2.45) is 0 Å². The van der Waals surface area contributed by atoms with Crippen molar-refractivity contribution in [2.75, 3.05) is 0 Å². The van der Waals surface area contributed by atoms with Gasteiger partial charge in [-0.2, -0.15) is 0 Å². The van der Waals surface area contributed by atoms with Gasteiger partial charge in [0.25, 0.3) is 0 Å². The van der Waals surface area contributed by atoms with Crippen LogP contribution in [0.25, 0.3) is 0 Å². The van der Waals surface area contributed by atoms with Gasteiger partial charge >= 0.3 is 0 Å². The Morgan fingerprint density at radius 2 is 1.74 bits per heavy atom. The van der Waals surface area contributed by atoms with Crippen LogP contribution in [0, 0.1) is 5.82 Å². The summed E-state index contributed by atoms with van der Waals surface area (Å²) in [6.45, 7) is 2.12. The van der Waals surface area contributed by atoms with Crippen molar-refractivity contribution in [1.29, 1.82) is 0 Å². The van der Waals surface area contributed by atoms with Gasteiger partial charge in [-0.1, -0.05) is 55.8 Å². The molecular formula is C17H17FO. The average molecular weight is 256 g/mol. The van der Waals surface area contributed by atoms with Crippen LogP contribution in [0.5, 0.6) is 0 Å². The summed E-state index contributed by atoms with van der Waals surface area (Å²) < 4.78 is 13.5. The Balaban J connectivity index is 2.10. The molecule has 2 heteroatoms. The highest BCUT2D eigenvalue weighted by Gasteiger charge is 2.09. The third-order valence-corrected chi connectivity index (χ3v) is 3.12. The Morgan fingerprint density at radius 1 is 1.05 bits per heavy atom. The van der Waals surface area contributed by atoms with E-state index in [-0.39, 0.29) is 18.0 Å². The van der Waals surface area contributed by atoms with E-state index in [9.17, 15) is 9.18 Å². The van der Waals surface area contributed by atoms with Crippen molar-refractivity contribution in [2.45, 2.75) is 26.2 Å². The number of rotatable bonds is 5. The highest BCUT2D eigenvalue weighted by atomic mass is 19.1. The molecule has 2 rings (SSSR count). The SMILES string of the molecule is CCCc1ccc(C(=O)Cc2ccccc2F)cc1. The van der Waals surface area contributed by atoms with Crippen molar-refractivity contribution in [3.8, 4) is 0 Å². The van der Waals surface area contributed by atoms with Crippen molar-refractivity contribution < 1.29 is 9.18 Å². The molecule has 0 amide bonds. The first-order chi connectivity index (χ1) is 9.20. The summed E-state index contributed by atoms with van der Waals surface area (Å²) in [5.74, 6) is -0.369. The topological polar surface area (TPSA) is 17.1 Å². The van der Waals surface area contributed by atoms with Gasteiger partial charge < -0.3 is 0 Å². The van der Waals surface area contributed by atoms with E-state index < -0.39 is 0 Å². The summed E-state index contributed by atoms with van der Waals surface area (Å²) in [4.78, 5) is 12.1. The maximum absolute atomic E-state index is 13.5. The van der Waals surface area contributed by atoms with Crippen LogP contribution in [-0.4, -0.2) is 5.78 Å². The fourth-order valence-corrected chi connectivity index (χ4v) is 2.06. The molecule has 0 aliphatic heterocycles. The number of benzene rings is 2. The van der Waals surface area contributed by atoms with Gasteiger partial charge in [-0.3, -0.25) is 4.79 Å². The van der Waals surface area contributed by atoms with Crippen LogP contribution in [0.15, 0.2) is 48.5 Å². The molecule has 98 valence electrons. The zero-order chi connectivity index (χ0) is 13.7. The van der Waals surface area contributed by atoms with E-state index in [0.717, 1.165) is 12.8 Å². The van der Waals surface area contributed by atoms with Gasteiger partial charge in [-0.15, -0.1) is 0 Å². The average Bonchev–Trinajstić information content (AvgIpc) is 2.42. The Kier molecular flexibility index (Phi) is 4.45. The lowest BCUT2D eigenvalue weighted by molar-refractivity contribution is 0.0992. The largest absolute Gasteiger partial charge is 0.294 e. The molecule has 0 aromatic heterocycles. The summed E-state index contributed by atoms with van der Waals surface area (Å²) in [7, 11) is 0. The minimum atomic E-state index is -0.321. The maximum Gasteiger partial charge on any atom is 0.167 e. The number of Topliss-reactive ketones (excluding diaryl/α,β-unsaturated/α-hetero) is 1. The van der Waals surface area contributed by atoms with Crippen molar-refractivity contribution in [1.82, 2.24) is 0 Å². The van der Waals surface area contributed by atoms with Crippen LogP contribution in [0.2, 0.25) is 0 Å². The molecule has 1 nitrogen and oxygen atoms in total. The molecule has 0 aliphatic carbocycles. The van der Waals surface area contributed by atoms with Gasteiger partial charge in [0, 0.05) is 12.0 Å². The van der Waals surface area contributed by atoms with Crippen LogP contribution >= 0.6 is 0 Å². The molecule has 0 bridgehead atoms. The first-order valence-corrected chi connectivity index (χ1v) is 6.56. The van der Waals surface area contributed by atoms with Crippen LogP contribution in [0.1, 0.15) is 34.8 Å². The number of aryl methyl sites for hydroxylation is 1. The Labute approximate surface area is 113 Å². The van der Waals surface area contributed by atoms with E-state index in [4.69, 9.17) is 0 Å². The Bertz CT molecular complexity index is 558. The molecule has 0 fully saturated rings. The summed E-state index contributed by atoms with van der Waals surface area (Å²) in [5, 5.41) is 0. The van der Waals surface area contributed by atoms with Crippen LogP contribution in [0.3, 0.4) is 0 Å². The first kappa shape index (κ1) is 13.5. The summed E-state index contributed by atoms with van der Waals surface area (Å²) in [6, 6.07) is 14.0. The first-order valence-electron chi connectivity index (χ1n) is 6.56. The molecule has 0 atom stereocenters. The van der Waals surface area contributed by atoms with Crippen LogP contribution in [-0.2, 0) is 12.8 Å². The highest BCUT2D eigenvalue weighted by Crippen LogP contribution is 2.12. The lowest BCUT2D eigenvalue weighted by atomic mass is 10.0. The van der Waals surface area contributed by atoms with Gasteiger partial charge in [0.05, 0.1) is 0 Å². The molecule has 0 N–H and O–H groups in total. The fourth-order valence-electron chi connectivity index (χ4n) is 2.06. The molecule has 0 saturated carbocycles. The van der Waals surface area contributed by atoms with Crippen molar-refractivity contribution >= 4 is 5.78 Å². The monoisotopic (exact) mass is 256 g/mol. The highest BCUT2D eigenvalue weighted by molar-refractivity contribution is 5.97. The molecule has 0 radical (unpaired) electrons. The number of hydrogen-bond acceptors (Lipinski definition) is 1. The van der Waals surface area contributed by atoms with E-state index in [0.29, 0.717) is 11.1 Å². The van der Waals surface area contributed by atoms with Gasteiger partial charge in [-0.05, 0) is 23.6 Å². The van der Waals surface area contributed by atoms with Gasteiger partial charge in [0.15, 0.2) is 5.78 Å². The minimum Gasteiger partial charge on any atom is -0.294 e. The van der Waals surface area contributed by atoms with E-state index in [1.165, 1.54) is 11.6 Å². The Morgan fingerprint density at radius 3 is 2.37 bits per heavy atom. The summed E-state index contributed by atoms with van der Waals surface area (Å²) in [5.41, 5.74) is 2.32. The van der Waals surface area contributed by atoms with E-state index in [1.54, 1.807) is 18.2 Å². The second kappa shape index (κ2) is 6.28. The minimum absolute atomic E-state index is 0.0480. The third-order valence-electron chi connectivity index (χ3n) is 3.12. The molecule has 2 aromatic rings. The molecule has 0 aliphatic rings. The molecule has 0 unspecified atom stereocenters. The molecule has 0 spiro atoms.